The van der Waals surface area contributed by atoms with Crippen LogP contribution in [0.1, 0.15) is 5.56 Å². The van der Waals surface area contributed by atoms with Crippen LogP contribution in [-0.4, -0.2) is 11.9 Å². The van der Waals surface area contributed by atoms with Crippen molar-refractivity contribution < 1.29 is 0 Å². The fourth-order valence-electron chi connectivity index (χ4n) is 0.954. The van der Waals surface area contributed by atoms with Crippen LogP contribution in [0.25, 0.3) is 0 Å². The van der Waals surface area contributed by atoms with Gasteiger partial charge < -0.3 is 17.2 Å². The molecule has 7 N–H and O–H groups in total. The Morgan fingerprint density at radius 1 is 1.25 bits per heavy atom. The molecule has 0 aliphatic carbocycles. The third-order valence-electron chi connectivity index (χ3n) is 1.68. The third kappa shape index (κ3) is 4.05. The molecule has 0 amide bonds. The summed E-state index contributed by atoms with van der Waals surface area (Å²) in [5.74, 6) is 0.00390. The van der Waals surface area contributed by atoms with E-state index in [1.165, 1.54) is 0 Å². The summed E-state index contributed by atoms with van der Waals surface area (Å²) in [4.78, 5) is 4.01. The van der Waals surface area contributed by atoms with E-state index in [0.29, 0.717) is 11.6 Å². The Hall–Kier alpha value is -1.95. The van der Waals surface area contributed by atoms with Gasteiger partial charge in [0.2, 0.25) is 11.9 Å². The standard InChI is InChI=1S/C9H13ClN6/c10-7-4-2-1-3-6(7)5-14-9(13)16-15-8(11)12/h1-4H,5H2,(H4,11,12,15)(H3,13,14,16). The Balaban J connectivity index is 2.59. The molecule has 0 aromatic heterocycles. The average Bonchev–Trinajstić information content (AvgIpc) is 2.25. The van der Waals surface area contributed by atoms with Gasteiger partial charge in [-0.05, 0) is 11.6 Å². The maximum absolute atomic E-state index is 5.94. The summed E-state index contributed by atoms with van der Waals surface area (Å²) in [6.07, 6.45) is 0. The summed E-state index contributed by atoms with van der Waals surface area (Å²) in [6.45, 7) is 0.360. The number of rotatable bonds is 3. The largest absolute Gasteiger partial charge is 0.369 e. The van der Waals surface area contributed by atoms with Crippen molar-refractivity contribution in [1.29, 1.82) is 0 Å². The van der Waals surface area contributed by atoms with Crippen molar-refractivity contribution in [1.82, 2.24) is 5.43 Å². The number of benzene rings is 1. The minimum atomic E-state index is -0.115. The minimum absolute atomic E-state index is 0.115. The molecule has 6 nitrogen and oxygen atoms in total. The smallest absolute Gasteiger partial charge is 0.209 e. The summed E-state index contributed by atoms with van der Waals surface area (Å²) in [5, 5.41) is 4.13. The van der Waals surface area contributed by atoms with Crippen LogP contribution in [0.5, 0.6) is 0 Å². The lowest BCUT2D eigenvalue weighted by Crippen LogP contribution is -2.33. The van der Waals surface area contributed by atoms with Crippen LogP contribution < -0.4 is 22.6 Å². The Bertz CT molecular complexity index is 410. The topological polar surface area (TPSA) is 115 Å². The Morgan fingerprint density at radius 2 is 1.94 bits per heavy atom. The van der Waals surface area contributed by atoms with Crippen molar-refractivity contribution in [2.45, 2.75) is 6.54 Å². The van der Waals surface area contributed by atoms with Crippen molar-refractivity contribution in [2.75, 3.05) is 0 Å². The zero-order chi connectivity index (χ0) is 12.0. The molecule has 0 saturated heterocycles. The van der Waals surface area contributed by atoms with Crippen molar-refractivity contribution in [2.24, 2.45) is 27.3 Å². The van der Waals surface area contributed by atoms with E-state index < -0.39 is 0 Å². The summed E-state index contributed by atoms with van der Waals surface area (Å²) >= 11 is 5.94. The van der Waals surface area contributed by atoms with Gasteiger partial charge >= 0.3 is 0 Å². The van der Waals surface area contributed by atoms with E-state index in [2.05, 4.69) is 15.5 Å². The van der Waals surface area contributed by atoms with Crippen molar-refractivity contribution in [3.8, 4) is 0 Å². The number of hydrazone groups is 1. The maximum Gasteiger partial charge on any atom is 0.209 e. The van der Waals surface area contributed by atoms with Crippen molar-refractivity contribution in [3.05, 3.63) is 34.9 Å². The summed E-state index contributed by atoms with van der Waals surface area (Å²) in [6, 6.07) is 7.36. The first-order chi connectivity index (χ1) is 7.59. The van der Waals surface area contributed by atoms with Gasteiger partial charge in [0.15, 0.2) is 0 Å². The maximum atomic E-state index is 5.94. The SMILES string of the molecule is NC(N)=NNC(N)=NCc1ccccc1Cl. The van der Waals surface area contributed by atoms with E-state index in [-0.39, 0.29) is 11.9 Å². The van der Waals surface area contributed by atoms with Crippen LogP contribution in [0, 0.1) is 0 Å². The number of guanidine groups is 2. The van der Waals surface area contributed by atoms with E-state index in [0.717, 1.165) is 5.56 Å². The van der Waals surface area contributed by atoms with Gasteiger partial charge in [-0.25, -0.2) is 10.4 Å². The van der Waals surface area contributed by atoms with Gasteiger partial charge in [0, 0.05) is 5.02 Å². The van der Waals surface area contributed by atoms with Crippen LogP contribution >= 0.6 is 11.6 Å². The molecule has 1 rings (SSSR count). The first kappa shape index (κ1) is 12.1. The first-order valence-corrected chi connectivity index (χ1v) is 4.85. The van der Waals surface area contributed by atoms with Crippen LogP contribution in [0.3, 0.4) is 0 Å². The highest BCUT2D eigenvalue weighted by molar-refractivity contribution is 6.31. The average molecular weight is 241 g/mol. The van der Waals surface area contributed by atoms with Gasteiger partial charge in [-0.1, -0.05) is 29.8 Å². The lowest BCUT2D eigenvalue weighted by atomic mass is 10.2. The lowest BCUT2D eigenvalue weighted by molar-refractivity contribution is 0.952. The van der Waals surface area contributed by atoms with Gasteiger partial charge in [-0.15, -0.1) is 5.10 Å². The number of hydrogen-bond acceptors (Lipinski definition) is 2. The van der Waals surface area contributed by atoms with Gasteiger partial charge in [0.1, 0.15) is 0 Å². The minimum Gasteiger partial charge on any atom is -0.369 e. The molecule has 0 spiro atoms. The molecular weight excluding hydrogens is 228 g/mol. The molecule has 0 unspecified atom stereocenters. The Kier molecular flexibility index (Phi) is 4.41. The highest BCUT2D eigenvalue weighted by Crippen LogP contribution is 2.15. The quantitative estimate of drug-likeness (QED) is 0.336. The molecule has 86 valence electrons. The van der Waals surface area contributed by atoms with Gasteiger partial charge in [-0.2, -0.15) is 0 Å². The molecule has 0 aliphatic rings. The van der Waals surface area contributed by atoms with Crippen LogP contribution in [-0.2, 0) is 6.54 Å². The second-order valence-corrected chi connectivity index (χ2v) is 3.35. The fourth-order valence-corrected chi connectivity index (χ4v) is 1.15. The molecule has 0 atom stereocenters. The number of aliphatic imine (C=N–C) groups is 1. The van der Waals surface area contributed by atoms with E-state index in [1.807, 2.05) is 18.2 Å². The summed E-state index contributed by atoms with van der Waals surface area (Å²) in [7, 11) is 0. The zero-order valence-electron chi connectivity index (χ0n) is 8.52. The summed E-state index contributed by atoms with van der Waals surface area (Å²) in [5.41, 5.74) is 19.0. The molecule has 1 aromatic rings. The van der Waals surface area contributed by atoms with Crippen LogP contribution in [0.15, 0.2) is 34.4 Å². The number of hydrogen-bond donors (Lipinski definition) is 4. The molecule has 7 heteroatoms. The molecular formula is C9H13ClN6. The molecule has 0 fully saturated rings. The number of nitrogens with zero attached hydrogens (tertiary/aromatic N) is 2. The summed E-state index contributed by atoms with van der Waals surface area (Å²) < 4.78 is 0. The van der Waals surface area contributed by atoms with Gasteiger partial charge in [0.05, 0.1) is 6.54 Å². The Labute approximate surface area is 98.2 Å². The number of nitrogens with two attached hydrogens (primary N) is 3. The highest BCUT2D eigenvalue weighted by Gasteiger charge is 1.97. The third-order valence-corrected chi connectivity index (χ3v) is 2.05. The van der Waals surface area contributed by atoms with Crippen molar-refractivity contribution in [3.63, 3.8) is 0 Å². The molecule has 0 heterocycles. The van der Waals surface area contributed by atoms with E-state index in [1.54, 1.807) is 6.07 Å². The first-order valence-electron chi connectivity index (χ1n) is 4.47. The molecule has 0 aliphatic heterocycles. The molecule has 0 radical (unpaired) electrons. The van der Waals surface area contributed by atoms with Crippen LogP contribution in [0.4, 0.5) is 0 Å². The molecule has 0 bridgehead atoms. The van der Waals surface area contributed by atoms with Gasteiger partial charge in [-0.3, -0.25) is 0 Å². The number of halogens is 1. The van der Waals surface area contributed by atoms with E-state index >= 15 is 0 Å². The zero-order valence-corrected chi connectivity index (χ0v) is 9.28. The van der Waals surface area contributed by atoms with Crippen molar-refractivity contribution >= 4 is 23.5 Å². The molecule has 0 saturated carbocycles. The van der Waals surface area contributed by atoms with Crippen LogP contribution in [0.2, 0.25) is 5.02 Å². The molecule has 16 heavy (non-hydrogen) atoms. The fraction of sp³-hybridized carbons (Fsp3) is 0.111. The van der Waals surface area contributed by atoms with E-state index in [9.17, 15) is 0 Å². The second kappa shape index (κ2) is 5.82. The number of nitrogens with one attached hydrogen (secondary N) is 1. The molecule has 1 aromatic carbocycles. The predicted octanol–water partition coefficient (Wildman–Crippen LogP) is -0.0673. The Morgan fingerprint density at radius 3 is 2.56 bits per heavy atom. The van der Waals surface area contributed by atoms with Gasteiger partial charge in [0.25, 0.3) is 0 Å². The second-order valence-electron chi connectivity index (χ2n) is 2.94. The monoisotopic (exact) mass is 240 g/mol. The normalized spacial score (nSPS) is 10.9. The highest BCUT2D eigenvalue weighted by atomic mass is 35.5. The lowest BCUT2D eigenvalue weighted by Gasteiger charge is -2.02. The van der Waals surface area contributed by atoms with E-state index in [4.69, 9.17) is 28.8 Å². The predicted molar refractivity (Wildman–Crippen MR) is 65.7 cm³/mol.